The predicted molar refractivity (Wildman–Crippen MR) is 81.7 cm³/mol. The van der Waals surface area contributed by atoms with E-state index in [-0.39, 0.29) is 13.2 Å². The maximum absolute atomic E-state index is 12.0. The Morgan fingerprint density at radius 1 is 1.18 bits per heavy atom. The Hall–Kier alpha value is -1.34. The highest BCUT2D eigenvalue weighted by molar-refractivity contribution is 5.80. The summed E-state index contributed by atoms with van der Waals surface area (Å²) in [7, 11) is 1.39. The minimum atomic E-state index is -1.13. The van der Waals surface area contributed by atoms with Crippen LogP contribution >= 0.6 is 0 Å². The molecular weight excluding hydrogens is 290 g/mol. The van der Waals surface area contributed by atoms with Crippen molar-refractivity contribution in [1.82, 2.24) is 4.90 Å². The third-order valence-corrected chi connectivity index (χ3v) is 2.73. The molecule has 2 atom stereocenters. The number of aliphatic hydroxyl groups is 1. The van der Waals surface area contributed by atoms with Gasteiger partial charge in [0.2, 0.25) is 0 Å². The van der Waals surface area contributed by atoms with Crippen molar-refractivity contribution in [2.45, 2.75) is 58.8 Å². The first-order valence-corrected chi connectivity index (χ1v) is 7.23. The fourth-order valence-corrected chi connectivity index (χ4v) is 1.82. The van der Waals surface area contributed by atoms with E-state index in [9.17, 15) is 19.8 Å². The summed E-state index contributed by atoms with van der Waals surface area (Å²) >= 11 is 0. The van der Waals surface area contributed by atoms with E-state index in [1.165, 1.54) is 7.05 Å². The van der Waals surface area contributed by atoms with Crippen LogP contribution in [0.25, 0.3) is 0 Å². The van der Waals surface area contributed by atoms with Gasteiger partial charge in [-0.05, 0) is 34.6 Å². The number of hydrogen-bond donors (Lipinski definition) is 2. The van der Waals surface area contributed by atoms with Gasteiger partial charge in [-0.25, -0.2) is 9.59 Å². The highest BCUT2D eigenvalue weighted by Gasteiger charge is 2.34. The third kappa shape index (κ3) is 8.19. The molecule has 0 aromatic heterocycles. The van der Waals surface area contributed by atoms with Gasteiger partial charge in [-0.2, -0.15) is 0 Å². The number of ether oxygens (including phenoxy) is 2. The van der Waals surface area contributed by atoms with Crippen molar-refractivity contribution in [3.8, 4) is 0 Å². The van der Waals surface area contributed by atoms with Crippen molar-refractivity contribution >= 4 is 12.1 Å². The van der Waals surface area contributed by atoms with E-state index < -0.39 is 35.2 Å². The number of rotatable bonds is 7. The second-order valence-corrected chi connectivity index (χ2v) is 7.18. The smallest absolute Gasteiger partial charge is 0.410 e. The molecule has 0 rings (SSSR count). The lowest BCUT2D eigenvalue weighted by atomic mass is 10.0. The standard InChI is InChI=1S/C15H29NO6/c1-10(8-21-9-15(5,6)20)11(12(17)18)16(7)13(19)22-14(2,3)4/h10-11,20H,8-9H2,1-7H3,(H,17,18)/t10-,11+/m1/s1. The molecule has 0 heterocycles. The number of carbonyl (C=O) groups excluding carboxylic acids is 1. The summed E-state index contributed by atoms with van der Waals surface area (Å²) in [6, 6.07) is -1.07. The van der Waals surface area contributed by atoms with E-state index in [0.717, 1.165) is 4.90 Å². The fraction of sp³-hybridized carbons (Fsp3) is 0.867. The summed E-state index contributed by atoms with van der Waals surface area (Å²) in [5.74, 6) is -1.59. The average molecular weight is 319 g/mol. The molecule has 0 fully saturated rings. The molecule has 0 saturated heterocycles. The zero-order valence-electron chi connectivity index (χ0n) is 14.5. The van der Waals surface area contributed by atoms with Gasteiger partial charge < -0.3 is 19.7 Å². The monoisotopic (exact) mass is 319 g/mol. The molecule has 7 nitrogen and oxygen atoms in total. The third-order valence-electron chi connectivity index (χ3n) is 2.73. The largest absolute Gasteiger partial charge is 0.480 e. The van der Waals surface area contributed by atoms with Gasteiger partial charge in [-0.3, -0.25) is 4.90 Å². The van der Waals surface area contributed by atoms with Crippen LogP contribution in [0.1, 0.15) is 41.5 Å². The number of aliphatic carboxylic acids is 1. The first-order chi connectivity index (χ1) is 9.74. The van der Waals surface area contributed by atoms with Gasteiger partial charge in [0.25, 0.3) is 0 Å². The van der Waals surface area contributed by atoms with Gasteiger partial charge in [0.15, 0.2) is 0 Å². The molecule has 0 bridgehead atoms. The zero-order valence-corrected chi connectivity index (χ0v) is 14.5. The molecule has 130 valence electrons. The SMILES string of the molecule is C[C@H](COCC(C)(C)O)[C@@H](C(=O)O)N(C)C(=O)OC(C)(C)C. The number of carbonyl (C=O) groups is 2. The summed E-state index contributed by atoms with van der Waals surface area (Å²) in [6.45, 7) is 10.2. The van der Waals surface area contributed by atoms with Crippen LogP contribution in [0.3, 0.4) is 0 Å². The first kappa shape index (κ1) is 20.7. The molecule has 0 aliphatic carbocycles. The number of hydrogen-bond acceptors (Lipinski definition) is 5. The quantitative estimate of drug-likeness (QED) is 0.742. The summed E-state index contributed by atoms with van der Waals surface area (Å²) in [4.78, 5) is 24.5. The van der Waals surface area contributed by atoms with Crippen molar-refractivity contribution in [2.24, 2.45) is 5.92 Å². The minimum Gasteiger partial charge on any atom is -0.480 e. The summed E-state index contributed by atoms with van der Waals surface area (Å²) in [5.41, 5.74) is -1.69. The Balaban J connectivity index is 4.77. The molecule has 22 heavy (non-hydrogen) atoms. The van der Waals surface area contributed by atoms with Gasteiger partial charge in [0.05, 0.1) is 18.8 Å². The molecule has 0 aromatic rings. The van der Waals surface area contributed by atoms with Crippen LogP contribution in [-0.2, 0) is 14.3 Å². The molecule has 0 aliphatic heterocycles. The maximum atomic E-state index is 12.0. The van der Waals surface area contributed by atoms with E-state index >= 15 is 0 Å². The molecule has 1 amide bonds. The van der Waals surface area contributed by atoms with Gasteiger partial charge in [-0.1, -0.05) is 6.92 Å². The normalized spacial score (nSPS) is 15.1. The van der Waals surface area contributed by atoms with Crippen molar-refractivity contribution < 1.29 is 29.3 Å². The summed E-state index contributed by atoms with van der Waals surface area (Å²) in [6.07, 6.45) is -0.700. The Morgan fingerprint density at radius 2 is 1.68 bits per heavy atom. The number of likely N-dealkylation sites (N-methyl/N-ethyl adjacent to an activating group) is 1. The number of nitrogens with zero attached hydrogens (tertiary/aromatic N) is 1. The van der Waals surface area contributed by atoms with E-state index in [0.29, 0.717) is 0 Å². The lowest BCUT2D eigenvalue weighted by molar-refractivity contribution is -0.145. The molecule has 2 N–H and O–H groups in total. The van der Waals surface area contributed by atoms with Gasteiger partial charge in [0.1, 0.15) is 11.6 Å². The molecule has 0 aromatic carbocycles. The van der Waals surface area contributed by atoms with Crippen molar-refractivity contribution in [3.05, 3.63) is 0 Å². The predicted octanol–water partition coefficient (Wildman–Crippen LogP) is 1.73. The van der Waals surface area contributed by atoms with Crippen LogP contribution in [0, 0.1) is 5.92 Å². The fourth-order valence-electron chi connectivity index (χ4n) is 1.82. The lowest BCUT2D eigenvalue weighted by Crippen LogP contribution is -2.49. The number of carboxylic acids is 1. The molecule has 7 heteroatoms. The Morgan fingerprint density at radius 3 is 2.05 bits per heavy atom. The highest BCUT2D eigenvalue weighted by atomic mass is 16.6. The molecule has 0 radical (unpaired) electrons. The van der Waals surface area contributed by atoms with Crippen LogP contribution in [0.5, 0.6) is 0 Å². The number of carboxylic acid groups (broad SMARTS) is 1. The van der Waals surface area contributed by atoms with E-state index in [1.54, 1.807) is 41.5 Å². The highest BCUT2D eigenvalue weighted by Crippen LogP contribution is 2.16. The van der Waals surface area contributed by atoms with Crippen LogP contribution in [0.15, 0.2) is 0 Å². The van der Waals surface area contributed by atoms with Crippen LogP contribution in [-0.4, -0.2) is 64.7 Å². The summed E-state index contributed by atoms with van der Waals surface area (Å²) in [5, 5.41) is 18.9. The van der Waals surface area contributed by atoms with E-state index in [2.05, 4.69) is 0 Å². The average Bonchev–Trinajstić information content (AvgIpc) is 2.24. The second kappa shape index (κ2) is 7.78. The first-order valence-electron chi connectivity index (χ1n) is 7.23. The van der Waals surface area contributed by atoms with Crippen LogP contribution in [0.2, 0.25) is 0 Å². The Bertz CT molecular complexity index is 382. The molecule has 0 spiro atoms. The van der Waals surface area contributed by atoms with Crippen LogP contribution in [0.4, 0.5) is 4.79 Å². The van der Waals surface area contributed by atoms with Gasteiger partial charge in [-0.15, -0.1) is 0 Å². The molecule has 0 unspecified atom stereocenters. The van der Waals surface area contributed by atoms with Crippen LogP contribution < -0.4 is 0 Å². The molecule has 0 aliphatic rings. The van der Waals surface area contributed by atoms with E-state index in [4.69, 9.17) is 9.47 Å². The van der Waals surface area contributed by atoms with E-state index in [1.807, 2.05) is 0 Å². The minimum absolute atomic E-state index is 0.0832. The van der Waals surface area contributed by atoms with Crippen molar-refractivity contribution in [2.75, 3.05) is 20.3 Å². The van der Waals surface area contributed by atoms with Crippen molar-refractivity contribution in [3.63, 3.8) is 0 Å². The Labute approximate surface area is 132 Å². The maximum Gasteiger partial charge on any atom is 0.410 e. The van der Waals surface area contributed by atoms with Crippen molar-refractivity contribution in [1.29, 1.82) is 0 Å². The Kier molecular flexibility index (Phi) is 7.31. The molecule has 0 saturated carbocycles. The number of amides is 1. The topological polar surface area (TPSA) is 96.3 Å². The van der Waals surface area contributed by atoms with Gasteiger partial charge in [0, 0.05) is 13.0 Å². The lowest BCUT2D eigenvalue weighted by Gasteiger charge is -2.31. The molecular formula is C15H29NO6. The second-order valence-electron chi connectivity index (χ2n) is 7.18. The zero-order chi connectivity index (χ0) is 17.7. The summed E-state index contributed by atoms with van der Waals surface area (Å²) < 4.78 is 10.5. The van der Waals surface area contributed by atoms with Gasteiger partial charge >= 0.3 is 12.1 Å².